The molecule has 0 spiro atoms. The fourth-order valence-electron chi connectivity index (χ4n) is 3.11. The number of rotatable bonds is 3. The van der Waals surface area contributed by atoms with Crippen molar-refractivity contribution in [1.29, 1.82) is 0 Å². The maximum absolute atomic E-state index is 12.6. The van der Waals surface area contributed by atoms with E-state index in [4.69, 9.17) is 9.84 Å². The molecular formula is C14H21F3N2O4. The van der Waals surface area contributed by atoms with Gasteiger partial charge in [-0.15, -0.1) is 0 Å². The Kier molecular flexibility index (Phi) is 5.38. The van der Waals surface area contributed by atoms with Crippen LogP contribution < -0.4 is 5.32 Å². The van der Waals surface area contributed by atoms with Crippen LogP contribution in [0.4, 0.5) is 18.0 Å². The lowest BCUT2D eigenvalue weighted by atomic mass is 9.86. The van der Waals surface area contributed by atoms with Crippen LogP contribution in [0.5, 0.6) is 0 Å². The smallest absolute Gasteiger partial charge is 0.391 e. The molecule has 23 heavy (non-hydrogen) atoms. The lowest BCUT2D eigenvalue weighted by molar-refractivity contribution is -0.183. The molecule has 6 nitrogen and oxygen atoms in total. The summed E-state index contributed by atoms with van der Waals surface area (Å²) < 4.78 is 43.1. The first-order valence-corrected chi connectivity index (χ1v) is 7.65. The van der Waals surface area contributed by atoms with Crippen LogP contribution in [0.3, 0.4) is 0 Å². The van der Waals surface area contributed by atoms with Crippen LogP contribution in [0, 0.1) is 5.92 Å². The molecule has 0 atom stereocenters. The molecule has 2 N–H and O–H groups in total. The molecule has 0 aromatic rings. The Hall–Kier alpha value is -1.51. The number of urea groups is 1. The van der Waals surface area contributed by atoms with Crippen LogP contribution in [-0.4, -0.2) is 60.0 Å². The van der Waals surface area contributed by atoms with Crippen molar-refractivity contribution in [3.63, 3.8) is 0 Å². The Labute approximate surface area is 132 Å². The normalized spacial score (nSPS) is 22.7. The van der Waals surface area contributed by atoms with Crippen molar-refractivity contribution in [1.82, 2.24) is 10.2 Å². The zero-order valence-electron chi connectivity index (χ0n) is 12.7. The van der Waals surface area contributed by atoms with Gasteiger partial charge >= 0.3 is 18.2 Å². The molecule has 0 unspecified atom stereocenters. The van der Waals surface area contributed by atoms with Crippen LogP contribution in [0.25, 0.3) is 0 Å². The predicted molar refractivity (Wildman–Crippen MR) is 73.9 cm³/mol. The highest BCUT2D eigenvalue weighted by Crippen LogP contribution is 2.34. The minimum atomic E-state index is -4.23. The van der Waals surface area contributed by atoms with E-state index in [1.165, 1.54) is 4.90 Å². The molecule has 0 aliphatic carbocycles. The Morgan fingerprint density at radius 2 is 1.78 bits per heavy atom. The van der Waals surface area contributed by atoms with Gasteiger partial charge < -0.3 is 20.1 Å². The summed E-state index contributed by atoms with van der Waals surface area (Å²) in [6, 6.07) is -0.492. The number of piperidine rings is 1. The number of amides is 2. The molecular weight excluding hydrogens is 317 g/mol. The molecule has 2 saturated heterocycles. The third kappa shape index (κ3) is 4.73. The lowest BCUT2D eigenvalue weighted by Crippen LogP contribution is -2.58. The number of nitrogens with one attached hydrogen (secondary N) is 1. The fraction of sp³-hybridized carbons (Fsp3) is 0.857. The first-order valence-electron chi connectivity index (χ1n) is 7.65. The molecule has 132 valence electrons. The monoisotopic (exact) mass is 338 g/mol. The zero-order valence-corrected chi connectivity index (χ0v) is 12.7. The number of carbonyl (C=O) groups excluding carboxylic acids is 1. The van der Waals surface area contributed by atoms with Gasteiger partial charge in [-0.3, -0.25) is 4.79 Å². The average molecular weight is 338 g/mol. The minimum absolute atomic E-state index is 0.0235. The van der Waals surface area contributed by atoms with E-state index in [1.54, 1.807) is 0 Å². The van der Waals surface area contributed by atoms with Gasteiger partial charge in [0.1, 0.15) is 0 Å². The van der Waals surface area contributed by atoms with E-state index in [0.717, 1.165) is 0 Å². The number of aliphatic carboxylic acids is 1. The molecule has 0 radical (unpaired) electrons. The zero-order chi connectivity index (χ0) is 17.1. The van der Waals surface area contributed by atoms with E-state index in [1.807, 2.05) is 0 Å². The highest BCUT2D eigenvalue weighted by atomic mass is 19.4. The van der Waals surface area contributed by atoms with Crippen molar-refractivity contribution in [2.75, 3.05) is 26.3 Å². The number of hydrogen-bond donors (Lipinski definition) is 2. The van der Waals surface area contributed by atoms with Gasteiger partial charge in [0.25, 0.3) is 0 Å². The lowest BCUT2D eigenvalue weighted by Gasteiger charge is -2.40. The largest absolute Gasteiger partial charge is 0.481 e. The Morgan fingerprint density at radius 1 is 1.22 bits per heavy atom. The van der Waals surface area contributed by atoms with Crippen molar-refractivity contribution in [3.05, 3.63) is 0 Å². The second-order valence-corrected chi connectivity index (χ2v) is 6.20. The van der Waals surface area contributed by atoms with E-state index >= 15 is 0 Å². The number of carboxylic acid groups (broad SMARTS) is 1. The van der Waals surface area contributed by atoms with Crippen molar-refractivity contribution in [2.45, 2.75) is 43.8 Å². The molecule has 9 heteroatoms. The van der Waals surface area contributed by atoms with Gasteiger partial charge in [0, 0.05) is 26.3 Å². The van der Waals surface area contributed by atoms with Gasteiger partial charge in [-0.2, -0.15) is 13.2 Å². The number of alkyl halides is 3. The maximum atomic E-state index is 12.6. The van der Waals surface area contributed by atoms with Crippen LogP contribution in [0.1, 0.15) is 32.1 Å². The quantitative estimate of drug-likeness (QED) is 0.825. The van der Waals surface area contributed by atoms with Crippen molar-refractivity contribution in [3.8, 4) is 0 Å². The van der Waals surface area contributed by atoms with Gasteiger partial charge in [-0.1, -0.05) is 0 Å². The molecule has 2 amide bonds. The Bertz CT molecular complexity index is 442. The van der Waals surface area contributed by atoms with Gasteiger partial charge in [-0.05, 0) is 25.7 Å². The third-order valence-corrected chi connectivity index (χ3v) is 4.56. The van der Waals surface area contributed by atoms with Gasteiger partial charge in [0.2, 0.25) is 0 Å². The molecule has 0 saturated carbocycles. The summed E-state index contributed by atoms with van der Waals surface area (Å²) in [6.07, 6.45) is -3.93. The second-order valence-electron chi connectivity index (χ2n) is 6.20. The van der Waals surface area contributed by atoms with Crippen LogP contribution in [-0.2, 0) is 9.53 Å². The summed E-state index contributed by atoms with van der Waals surface area (Å²) in [7, 11) is 0. The van der Waals surface area contributed by atoms with E-state index in [-0.39, 0.29) is 32.4 Å². The van der Waals surface area contributed by atoms with E-state index in [0.29, 0.717) is 26.1 Å². The molecule has 2 aliphatic heterocycles. The Balaban J connectivity index is 1.93. The standard InChI is InChI=1S/C14H21F3N2O4/c15-14(16,17)10-1-5-19(6-2-10)12(22)18-13(9-11(20)21)3-7-23-8-4-13/h10H,1-9H2,(H,18,22)(H,20,21). The molecule has 2 rings (SSSR count). The second kappa shape index (κ2) is 6.94. The summed E-state index contributed by atoms with van der Waals surface area (Å²) in [5, 5.41) is 11.8. The van der Waals surface area contributed by atoms with Gasteiger partial charge in [-0.25, -0.2) is 4.79 Å². The molecule has 2 heterocycles. The van der Waals surface area contributed by atoms with Crippen molar-refractivity contribution >= 4 is 12.0 Å². The van der Waals surface area contributed by atoms with Crippen LogP contribution in [0.2, 0.25) is 0 Å². The number of halogens is 3. The number of carbonyl (C=O) groups is 2. The predicted octanol–water partition coefficient (Wildman–Crippen LogP) is 1.99. The van der Waals surface area contributed by atoms with Gasteiger partial charge in [0.15, 0.2) is 0 Å². The van der Waals surface area contributed by atoms with E-state index < -0.39 is 29.6 Å². The van der Waals surface area contributed by atoms with Crippen molar-refractivity contribution < 1.29 is 32.6 Å². The maximum Gasteiger partial charge on any atom is 0.391 e. The molecule has 2 fully saturated rings. The number of ether oxygens (including phenoxy) is 1. The van der Waals surface area contributed by atoms with Crippen LogP contribution in [0.15, 0.2) is 0 Å². The van der Waals surface area contributed by atoms with Crippen LogP contribution >= 0.6 is 0 Å². The number of nitrogens with zero attached hydrogens (tertiary/aromatic N) is 1. The van der Waals surface area contributed by atoms with E-state index in [2.05, 4.69) is 5.32 Å². The molecule has 2 aliphatic rings. The Morgan fingerprint density at radius 3 is 2.26 bits per heavy atom. The molecule has 0 aromatic heterocycles. The number of carboxylic acids is 1. The highest BCUT2D eigenvalue weighted by Gasteiger charge is 2.43. The van der Waals surface area contributed by atoms with Crippen molar-refractivity contribution in [2.24, 2.45) is 5.92 Å². The fourth-order valence-corrected chi connectivity index (χ4v) is 3.11. The average Bonchev–Trinajstić information content (AvgIpc) is 2.46. The minimum Gasteiger partial charge on any atom is -0.481 e. The summed E-state index contributed by atoms with van der Waals surface area (Å²) in [6.45, 7) is 0.749. The summed E-state index contributed by atoms with van der Waals surface area (Å²) in [5.41, 5.74) is -0.887. The van der Waals surface area contributed by atoms with Gasteiger partial charge in [0.05, 0.1) is 17.9 Å². The first-order chi connectivity index (χ1) is 10.7. The van der Waals surface area contributed by atoms with E-state index in [9.17, 15) is 22.8 Å². The topological polar surface area (TPSA) is 78.9 Å². The summed E-state index contributed by atoms with van der Waals surface area (Å²) >= 11 is 0. The number of likely N-dealkylation sites (tertiary alicyclic amines) is 1. The summed E-state index contributed by atoms with van der Waals surface area (Å²) in [4.78, 5) is 24.7. The summed E-state index contributed by atoms with van der Waals surface area (Å²) in [5.74, 6) is -2.40. The SMILES string of the molecule is O=C(O)CC1(NC(=O)N2CCC(C(F)(F)F)CC2)CCOCC1. The molecule has 0 bridgehead atoms. The highest BCUT2D eigenvalue weighted by molar-refractivity contribution is 5.77. The first kappa shape index (κ1) is 17.8. The third-order valence-electron chi connectivity index (χ3n) is 4.56. The number of hydrogen-bond acceptors (Lipinski definition) is 3. The molecule has 0 aromatic carbocycles.